The molecule has 0 radical (unpaired) electrons. The quantitative estimate of drug-likeness (QED) is 0.867. The molecule has 0 atom stereocenters. The van der Waals surface area contributed by atoms with Crippen molar-refractivity contribution < 1.29 is 4.42 Å². The molecule has 0 N–H and O–H groups in total. The van der Waals surface area contributed by atoms with Crippen molar-refractivity contribution in [1.29, 1.82) is 0 Å². The standard InChI is InChI=1S/C19H24N4O/c1-2-15-6-7-16(24-15)13-23-10-8-17-14(12-23)11-21-19(22-17)18-5-3-4-9-20-18/h6-7,11H,2-5,8-10,12-13H2,1H3. The first kappa shape index (κ1) is 15.5. The second-order valence-electron chi connectivity index (χ2n) is 6.63. The van der Waals surface area contributed by atoms with Crippen LogP contribution >= 0.6 is 0 Å². The van der Waals surface area contributed by atoms with Crippen LogP contribution in [0, 0.1) is 0 Å². The van der Waals surface area contributed by atoms with Crippen molar-refractivity contribution in [3.8, 4) is 0 Å². The summed E-state index contributed by atoms with van der Waals surface area (Å²) in [5.74, 6) is 2.95. The van der Waals surface area contributed by atoms with Crippen molar-refractivity contribution >= 4 is 5.71 Å². The average molecular weight is 324 g/mol. The molecular weight excluding hydrogens is 300 g/mol. The number of fused-ring (bicyclic) bond motifs is 1. The molecule has 2 aliphatic heterocycles. The van der Waals surface area contributed by atoms with E-state index in [4.69, 9.17) is 9.40 Å². The Bertz CT molecular complexity index is 750. The van der Waals surface area contributed by atoms with Gasteiger partial charge in [0, 0.05) is 44.2 Å². The number of aromatic nitrogens is 2. The highest BCUT2D eigenvalue weighted by Crippen LogP contribution is 2.21. The molecule has 2 aliphatic rings. The van der Waals surface area contributed by atoms with Crippen molar-refractivity contribution in [2.24, 2.45) is 4.99 Å². The third-order valence-electron chi connectivity index (χ3n) is 4.84. The zero-order chi connectivity index (χ0) is 16.4. The summed E-state index contributed by atoms with van der Waals surface area (Å²) in [4.78, 5) is 16.4. The molecule has 126 valence electrons. The Morgan fingerprint density at radius 1 is 1.17 bits per heavy atom. The predicted octanol–water partition coefficient (Wildman–Crippen LogP) is 3.16. The summed E-state index contributed by atoms with van der Waals surface area (Å²) in [6.07, 6.45) is 7.33. The summed E-state index contributed by atoms with van der Waals surface area (Å²) in [6, 6.07) is 4.17. The van der Waals surface area contributed by atoms with Gasteiger partial charge in [0.2, 0.25) is 0 Å². The van der Waals surface area contributed by atoms with Crippen molar-refractivity contribution in [3.05, 3.63) is 46.9 Å². The van der Waals surface area contributed by atoms with Crippen LogP contribution in [0.1, 0.15) is 54.8 Å². The van der Waals surface area contributed by atoms with E-state index in [1.54, 1.807) is 0 Å². The van der Waals surface area contributed by atoms with Gasteiger partial charge in [-0.25, -0.2) is 9.97 Å². The molecule has 0 aliphatic carbocycles. The lowest BCUT2D eigenvalue weighted by Crippen LogP contribution is -2.31. The number of aliphatic imine (C=N–C) groups is 1. The summed E-state index contributed by atoms with van der Waals surface area (Å²) in [5, 5.41) is 0. The van der Waals surface area contributed by atoms with E-state index in [2.05, 4.69) is 33.9 Å². The molecule has 0 saturated carbocycles. The molecule has 0 fully saturated rings. The number of hydrogen-bond acceptors (Lipinski definition) is 5. The summed E-state index contributed by atoms with van der Waals surface area (Å²) in [6.45, 7) is 5.80. The molecule has 2 aromatic rings. The maximum atomic E-state index is 5.83. The molecular formula is C19H24N4O. The molecule has 4 rings (SSSR count). The van der Waals surface area contributed by atoms with E-state index in [-0.39, 0.29) is 0 Å². The van der Waals surface area contributed by atoms with Gasteiger partial charge in [0.15, 0.2) is 5.82 Å². The summed E-state index contributed by atoms with van der Waals surface area (Å²) in [7, 11) is 0. The smallest absolute Gasteiger partial charge is 0.173 e. The first-order valence-corrected chi connectivity index (χ1v) is 9.00. The number of aryl methyl sites for hydroxylation is 1. The zero-order valence-electron chi connectivity index (χ0n) is 14.3. The van der Waals surface area contributed by atoms with E-state index in [9.17, 15) is 0 Å². The van der Waals surface area contributed by atoms with Crippen LogP contribution in [0.15, 0.2) is 27.7 Å². The topological polar surface area (TPSA) is 54.5 Å². The minimum Gasteiger partial charge on any atom is -0.465 e. The summed E-state index contributed by atoms with van der Waals surface area (Å²) in [5.41, 5.74) is 3.52. The monoisotopic (exact) mass is 324 g/mol. The fraction of sp³-hybridized carbons (Fsp3) is 0.526. The third-order valence-corrected chi connectivity index (χ3v) is 4.84. The summed E-state index contributed by atoms with van der Waals surface area (Å²) >= 11 is 0. The second-order valence-corrected chi connectivity index (χ2v) is 6.63. The molecule has 5 heteroatoms. The third kappa shape index (κ3) is 3.26. The van der Waals surface area contributed by atoms with Gasteiger partial charge < -0.3 is 4.42 Å². The van der Waals surface area contributed by atoms with Gasteiger partial charge in [-0.2, -0.15) is 0 Å². The molecule has 0 amide bonds. The highest BCUT2D eigenvalue weighted by Gasteiger charge is 2.21. The molecule has 0 bridgehead atoms. The molecule has 2 aromatic heterocycles. The minimum atomic E-state index is 0.848. The number of nitrogens with zero attached hydrogens (tertiary/aromatic N) is 4. The Hall–Kier alpha value is -2.01. The van der Waals surface area contributed by atoms with Gasteiger partial charge >= 0.3 is 0 Å². The number of rotatable bonds is 4. The first-order valence-electron chi connectivity index (χ1n) is 9.00. The lowest BCUT2D eigenvalue weighted by molar-refractivity contribution is 0.221. The van der Waals surface area contributed by atoms with Crippen LogP contribution in [0.25, 0.3) is 0 Å². The Kier molecular flexibility index (Phi) is 4.43. The highest BCUT2D eigenvalue weighted by atomic mass is 16.3. The van der Waals surface area contributed by atoms with Crippen molar-refractivity contribution in [2.75, 3.05) is 13.1 Å². The minimum absolute atomic E-state index is 0.848. The maximum absolute atomic E-state index is 5.83. The van der Waals surface area contributed by atoms with Crippen molar-refractivity contribution in [3.63, 3.8) is 0 Å². The Balaban J connectivity index is 1.46. The van der Waals surface area contributed by atoms with E-state index in [1.165, 1.54) is 24.1 Å². The number of hydrogen-bond donors (Lipinski definition) is 0. The van der Waals surface area contributed by atoms with Gasteiger partial charge in [-0.1, -0.05) is 6.92 Å². The average Bonchev–Trinajstić information content (AvgIpc) is 3.09. The lowest BCUT2D eigenvalue weighted by Gasteiger charge is -2.27. The molecule has 0 saturated heterocycles. The van der Waals surface area contributed by atoms with Gasteiger partial charge in [-0.3, -0.25) is 9.89 Å². The van der Waals surface area contributed by atoms with Crippen LogP contribution in [-0.2, 0) is 25.9 Å². The molecule has 4 heterocycles. The van der Waals surface area contributed by atoms with Crippen LogP contribution in [0.5, 0.6) is 0 Å². The molecule has 24 heavy (non-hydrogen) atoms. The van der Waals surface area contributed by atoms with Crippen LogP contribution in [0.4, 0.5) is 0 Å². The van der Waals surface area contributed by atoms with Gasteiger partial charge in [0.05, 0.1) is 18.0 Å². The van der Waals surface area contributed by atoms with Crippen LogP contribution in [0.2, 0.25) is 0 Å². The van der Waals surface area contributed by atoms with E-state index in [0.29, 0.717) is 0 Å². The molecule has 0 aromatic carbocycles. The van der Waals surface area contributed by atoms with Gasteiger partial charge in [0.1, 0.15) is 11.5 Å². The van der Waals surface area contributed by atoms with E-state index < -0.39 is 0 Å². The van der Waals surface area contributed by atoms with Gasteiger partial charge in [0.25, 0.3) is 0 Å². The normalized spacial score (nSPS) is 18.3. The second kappa shape index (κ2) is 6.85. The Morgan fingerprint density at radius 2 is 2.08 bits per heavy atom. The zero-order valence-corrected chi connectivity index (χ0v) is 14.3. The molecule has 5 nitrogen and oxygen atoms in total. The fourth-order valence-electron chi connectivity index (χ4n) is 3.45. The maximum Gasteiger partial charge on any atom is 0.173 e. The highest BCUT2D eigenvalue weighted by molar-refractivity contribution is 5.97. The largest absolute Gasteiger partial charge is 0.465 e. The van der Waals surface area contributed by atoms with Crippen molar-refractivity contribution in [1.82, 2.24) is 14.9 Å². The van der Waals surface area contributed by atoms with Gasteiger partial charge in [-0.15, -0.1) is 0 Å². The Morgan fingerprint density at radius 3 is 2.88 bits per heavy atom. The molecule has 0 unspecified atom stereocenters. The van der Waals surface area contributed by atoms with E-state index in [1.807, 2.05) is 6.20 Å². The van der Waals surface area contributed by atoms with Crippen LogP contribution < -0.4 is 0 Å². The Labute approximate surface area is 142 Å². The fourth-order valence-corrected chi connectivity index (χ4v) is 3.45. The predicted molar refractivity (Wildman–Crippen MR) is 93.2 cm³/mol. The SMILES string of the molecule is CCc1ccc(CN2CCc3nc(C4=NCCCC4)ncc3C2)o1. The van der Waals surface area contributed by atoms with Gasteiger partial charge in [-0.05, 0) is 31.4 Å². The van der Waals surface area contributed by atoms with Crippen LogP contribution in [-0.4, -0.2) is 33.7 Å². The first-order chi connectivity index (χ1) is 11.8. The van der Waals surface area contributed by atoms with E-state index >= 15 is 0 Å². The summed E-state index contributed by atoms with van der Waals surface area (Å²) < 4.78 is 5.83. The number of furan rings is 1. The lowest BCUT2D eigenvalue weighted by atomic mass is 10.1. The van der Waals surface area contributed by atoms with Crippen molar-refractivity contribution in [2.45, 2.75) is 52.1 Å². The molecule has 0 spiro atoms. The van der Waals surface area contributed by atoms with Crippen LogP contribution in [0.3, 0.4) is 0 Å². The van der Waals surface area contributed by atoms with E-state index in [0.717, 1.165) is 68.5 Å².